The van der Waals surface area contributed by atoms with E-state index in [1.54, 1.807) is 12.1 Å². The van der Waals surface area contributed by atoms with Crippen molar-refractivity contribution < 1.29 is 12.0 Å². The minimum Gasteiger partial charge on any atom is -0.203 e. The van der Waals surface area contributed by atoms with Crippen LogP contribution in [0.3, 0.4) is 0 Å². The second kappa shape index (κ2) is 13.3. The highest BCUT2D eigenvalue weighted by molar-refractivity contribution is 8.33. The zero-order valence-electron chi connectivity index (χ0n) is 22.4. The van der Waals surface area contributed by atoms with Crippen LogP contribution in [0.15, 0.2) is 129 Å². The van der Waals surface area contributed by atoms with Crippen LogP contribution in [0, 0.1) is 6.92 Å². The Labute approximate surface area is 230 Å². The summed E-state index contributed by atoms with van der Waals surface area (Å²) in [6, 6.07) is 34.7. The molecule has 0 spiro atoms. The monoisotopic (exact) mass is 546 g/mol. The van der Waals surface area contributed by atoms with E-state index in [0.29, 0.717) is 0 Å². The first-order chi connectivity index (χ1) is 18.5. The summed E-state index contributed by atoms with van der Waals surface area (Å²) in [7, 11) is -6.67. The lowest BCUT2D eigenvalue weighted by Gasteiger charge is -2.39. The molecule has 0 aromatic heterocycles. The van der Waals surface area contributed by atoms with Crippen LogP contribution in [0.25, 0.3) is 0 Å². The minimum absolute atomic E-state index is 0.181. The van der Waals surface area contributed by atoms with E-state index in [1.807, 2.05) is 104 Å². The predicted octanol–water partition coefficient (Wildman–Crippen LogP) is 9.50. The van der Waals surface area contributed by atoms with Gasteiger partial charge < -0.3 is 0 Å². The van der Waals surface area contributed by atoms with Gasteiger partial charge in [0, 0.05) is 14.7 Å². The van der Waals surface area contributed by atoms with E-state index >= 15 is 0 Å². The zero-order valence-corrected chi connectivity index (χ0v) is 24.0. The average Bonchev–Trinajstić information content (AvgIpc) is 2.95. The molecule has 0 N–H and O–H groups in total. The van der Waals surface area contributed by atoms with Gasteiger partial charge in [-0.2, -0.15) is 8.42 Å². The molecule has 0 aliphatic rings. The van der Waals surface area contributed by atoms with Crippen LogP contribution in [0.1, 0.15) is 56.6 Å². The Morgan fingerprint density at radius 3 is 1.58 bits per heavy atom. The highest BCUT2D eigenvalue weighted by Crippen LogP contribution is 2.70. The van der Waals surface area contributed by atoms with Crippen molar-refractivity contribution in [2.45, 2.75) is 78.4 Å². The Kier molecular flexibility index (Phi) is 9.84. The maximum atomic E-state index is 13.9. The van der Waals surface area contributed by atoms with Crippen LogP contribution in [0.4, 0.5) is 0 Å². The first kappa shape index (κ1) is 28.2. The molecule has 3 nitrogen and oxygen atoms in total. The number of hydrogen-bond donors (Lipinski definition) is 0. The molecule has 0 amide bonds. The summed E-state index contributed by atoms with van der Waals surface area (Å²) in [6.07, 6.45) is 8.38. The van der Waals surface area contributed by atoms with Gasteiger partial charge in [0.1, 0.15) is 0 Å². The van der Waals surface area contributed by atoms with Gasteiger partial charge in [-0.05, 0) is 84.2 Å². The van der Waals surface area contributed by atoms with Gasteiger partial charge in [-0.25, -0.2) is 3.63 Å². The summed E-state index contributed by atoms with van der Waals surface area (Å²) in [6.45, 7) is 4.25. The predicted molar refractivity (Wildman–Crippen MR) is 158 cm³/mol. The maximum absolute atomic E-state index is 13.9. The molecule has 0 saturated heterocycles. The van der Waals surface area contributed by atoms with E-state index in [2.05, 4.69) is 6.92 Å². The van der Waals surface area contributed by atoms with Crippen molar-refractivity contribution in [3.8, 4) is 0 Å². The van der Waals surface area contributed by atoms with Gasteiger partial charge in [0.15, 0.2) is 0 Å². The number of rotatable bonds is 13. The van der Waals surface area contributed by atoms with Crippen molar-refractivity contribution in [3.63, 3.8) is 0 Å². The quantitative estimate of drug-likeness (QED) is 0.157. The molecule has 0 unspecified atom stereocenters. The lowest BCUT2D eigenvalue weighted by atomic mass is 10.1. The molecule has 4 aromatic carbocycles. The summed E-state index contributed by atoms with van der Waals surface area (Å²) in [5.74, 6) is 0. The molecule has 0 saturated carbocycles. The topological polar surface area (TPSA) is 43.4 Å². The molecule has 0 atom stereocenters. The normalized spacial score (nSPS) is 12.4. The van der Waals surface area contributed by atoms with Crippen molar-refractivity contribution in [2.24, 2.45) is 0 Å². The number of hydrogen-bond acceptors (Lipinski definition) is 3. The van der Waals surface area contributed by atoms with Gasteiger partial charge in [-0.3, -0.25) is 0 Å². The second-order valence-corrected chi connectivity index (χ2v) is 14.1. The average molecular weight is 547 g/mol. The van der Waals surface area contributed by atoms with E-state index in [-0.39, 0.29) is 4.90 Å². The Balaban J connectivity index is 1.68. The SMILES string of the molecule is CCCCCCCCc1ccc(S(=O)(=O)OS(c2ccccc2)(c2ccccc2)c2ccc(C)cc2)cc1. The molecule has 0 bridgehead atoms. The van der Waals surface area contributed by atoms with Gasteiger partial charge in [0.25, 0.3) is 0 Å². The number of aryl methyl sites for hydroxylation is 2. The Hall–Kier alpha value is -2.86. The Bertz CT molecular complexity index is 1330. The molecular weight excluding hydrogens is 508 g/mol. The molecule has 4 aromatic rings. The highest BCUT2D eigenvalue weighted by atomic mass is 32.3. The molecule has 0 radical (unpaired) electrons. The summed E-state index contributed by atoms with van der Waals surface area (Å²) in [5, 5.41) is 0. The summed E-state index contributed by atoms with van der Waals surface area (Å²) in [4.78, 5) is 2.68. The molecule has 0 heterocycles. The van der Waals surface area contributed by atoms with Crippen LogP contribution in [0.2, 0.25) is 0 Å². The summed E-state index contributed by atoms with van der Waals surface area (Å²) < 4.78 is 34.3. The largest absolute Gasteiger partial charge is 0.307 e. The van der Waals surface area contributed by atoms with Crippen molar-refractivity contribution in [1.82, 2.24) is 0 Å². The molecule has 200 valence electrons. The molecule has 4 rings (SSSR count). The maximum Gasteiger partial charge on any atom is 0.307 e. The van der Waals surface area contributed by atoms with E-state index in [1.165, 1.54) is 32.1 Å². The molecule has 5 heteroatoms. The van der Waals surface area contributed by atoms with Gasteiger partial charge in [-0.1, -0.05) is 105 Å². The lowest BCUT2D eigenvalue weighted by Crippen LogP contribution is -2.14. The number of unbranched alkanes of at least 4 members (excludes halogenated alkanes) is 5. The molecular formula is C33H38O3S2. The van der Waals surface area contributed by atoms with Crippen LogP contribution in [-0.4, -0.2) is 8.42 Å². The van der Waals surface area contributed by atoms with Gasteiger partial charge >= 0.3 is 10.1 Å². The van der Waals surface area contributed by atoms with E-state index in [0.717, 1.165) is 38.7 Å². The van der Waals surface area contributed by atoms with Crippen molar-refractivity contribution >= 4 is 20.4 Å². The first-order valence-electron chi connectivity index (χ1n) is 13.5. The van der Waals surface area contributed by atoms with E-state index < -0.39 is 20.4 Å². The number of benzene rings is 4. The van der Waals surface area contributed by atoms with Gasteiger partial charge in [-0.15, -0.1) is 0 Å². The first-order valence-corrected chi connectivity index (χ1v) is 16.5. The van der Waals surface area contributed by atoms with Crippen LogP contribution in [0.5, 0.6) is 0 Å². The molecule has 38 heavy (non-hydrogen) atoms. The Morgan fingerprint density at radius 2 is 1.03 bits per heavy atom. The smallest absolute Gasteiger partial charge is 0.203 e. The molecule has 0 aliphatic carbocycles. The highest BCUT2D eigenvalue weighted by Gasteiger charge is 2.38. The third kappa shape index (κ3) is 6.76. The third-order valence-electron chi connectivity index (χ3n) is 6.73. The van der Waals surface area contributed by atoms with Crippen molar-refractivity contribution in [2.75, 3.05) is 0 Å². The standard InChI is InChI=1S/C33H38O3S2/c1-3-4-5-6-7-10-15-29-22-26-33(27-23-29)38(34,35)36-37(30-16-11-8-12-17-30,31-18-13-9-14-19-31)32-24-20-28(2)21-25-32/h8-9,11-14,16-27H,3-7,10,15H2,1-2H3. The van der Waals surface area contributed by atoms with Crippen LogP contribution < -0.4 is 0 Å². The second-order valence-electron chi connectivity index (χ2n) is 9.68. The zero-order chi connectivity index (χ0) is 26.8. The fourth-order valence-corrected chi connectivity index (χ4v) is 9.80. The summed E-state index contributed by atoms with van der Waals surface area (Å²) in [5.41, 5.74) is 2.26. The van der Waals surface area contributed by atoms with Crippen molar-refractivity contribution in [3.05, 3.63) is 120 Å². The fraction of sp³-hybridized carbons (Fsp3) is 0.273. The summed E-state index contributed by atoms with van der Waals surface area (Å²) >= 11 is 0. The lowest BCUT2D eigenvalue weighted by molar-refractivity contribution is 0.508. The minimum atomic E-state index is -4.09. The Morgan fingerprint density at radius 1 is 0.553 bits per heavy atom. The van der Waals surface area contributed by atoms with Gasteiger partial charge in [0.05, 0.1) is 4.90 Å². The molecule has 0 aliphatic heterocycles. The fourth-order valence-electron chi connectivity index (χ4n) is 4.59. The molecule has 0 fully saturated rings. The van der Waals surface area contributed by atoms with Crippen LogP contribution >= 0.6 is 10.3 Å². The van der Waals surface area contributed by atoms with Crippen molar-refractivity contribution in [1.29, 1.82) is 0 Å². The third-order valence-corrected chi connectivity index (χ3v) is 11.9. The van der Waals surface area contributed by atoms with E-state index in [9.17, 15) is 8.42 Å². The van der Waals surface area contributed by atoms with E-state index in [4.69, 9.17) is 3.63 Å². The van der Waals surface area contributed by atoms with Gasteiger partial charge in [0.2, 0.25) is 0 Å². The van der Waals surface area contributed by atoms with Crippen LogP contribution in [-0.2, 0) is 20.2 Å².